The van der Waals surface area contributed by atoms with E-state index in [2.05, 4.69) is 57.2 Å². The molecule has 0 aromatic rings. The van der Waals surface area contributed by atoms with Gasteiger partial charge >= 0.3 is 35.6 Å². The Kier molecular flexibility index (Phi) is 74.6. The van der Waals surface area contributed by atoms with E-state index in [1.54, 1.807) is 0 Å². The van der Waals surface area contributed by atoms with Crippen molar-refractivity contribution >= 4 is 17.9 Å². The van der Waals surface area contributed by atoms with Crippen LogP contribution in [0.4, 0.5) is 0 Å². The van der Waals surface area contributed by atoms with E-state index < -0.39 is 17.9 Å². The summed E-state index contributed by atoms with van der Waals surface area (Å²) in [5, 5.41) is 30.6. The summed E-state index contributed by atoms with van der Waals surface area (Å²) in [4.78, 5) is 30.6. The van der Waals surface area contributed by atoms with Crippen LogP contribution in [0.15, 0.2) is 36.5 Å². The van der Waals surface area contributed by atoms with Crippen LogP contribution in [0.25, 0.3) is 0 Å². The first-order valence-electron chi connectivity index (χ1n) is 25.9. The largest absolute Gasteiger partial charge is 2.00 e. The fourth-order valence-electron chi connectivity index (χ4n) is 7.02. The van der Waals surface area contributed by atoms with E-state index in [9.17, 15) is 29.7 Å². The average Bonchev–Trinajstić information content (AvgIpc) is 3.22. The number of carboxylic acid groups (broad SMARTS) is 3. The Morgan fingerprint density at radius 3 is 0.581 bits per heavy atom. The van der Waals surface area contributed by atoms with Crippen molar-refractivity contribution in [3.05, 3.63) is 36.5 Å². The first-order chi connectivity index (χ1) is 29.3. The standard InChI is InChI=1S/3C18H34O2.Co.Li/c3*1-2-3-4-5-6-7-8-9-10-11-12-13-14-15-16-17-18(19)20;;/h3*9-10H,2-8,11-17H2,1H3,(H,19,20);;/q;;;+2;+1/p-3/b3*10-9-;;. The third kappa shape index (κ3) is 79.1. The molecule has 0 amide bonds. The first kappa shape index (κ1) is 69.8. The van der Waals surface area contributed by atoms with Crippen LogP contribution in [0.3, 0.4) is 0 Å². The SMILES string of the molecule is CCCCCCCC/C=C\CCCCCCCC(=O)[O-].CCCCCCCC/C=C\CCCCCCCC(=O)[O-].CCCCCCCC/C=C\CCCCCCCC(=O)[O-].[Co+2].[Li+]. The summed E-state index contributed by atoms with van der Waals surface area (Å²) in [6.07, 6.45) is 62.7. The number of hydrogen-bond acceptors (Lipinski definition) is 6. The van der Waals surface area contributed by atoms with Crippen LogP contribution < -0.4 is 34.2 Å². The van der Waals surface area contributed by atoms with Crippen LogP contribution in [0.2, 0.25) is 0 Å². The zero-order valence-electron chi connectivity index (χ0n) is 41.4. The first-order valence-corrected chi connectivity index (χ1v) is 25.9. The number of unbranched alkanes of at least 4 members (excludes halogenated alkanes) is 33. The number of allylic oxidation sites excluding steroid dienone is 6. The molecule has 0 atom stereocenters. The summed E-state index contributed by atoms with van der Waals surface area (Å²) in [5.41, 5.74) is 0. The number of rotatable bonds is 45. The molecule has 0 fully saturated rings. The van der Waals surface area contributed by atoms with E-state index in [0.29, 0.717) is 0 Å². The third-order valence-corrected chi connectivity index (χ3v) is 10.9. The maximum absolute atomic E-state index is 10.2. The van der Waals surface area contributed by atoms with Crippen molar-refractivity contribution in [3.63, 3.8) is 0 Å². The summed E-state index contributed by atoms with van der Waals surface area (Å²) in [6.45, 7) is 6.77. The van der Waals surface area contributed by atoms with Gasteiger partial charge in [0.05, 0.1) is 0 Å². The molecule has 0 aliphatic heterocycles. The molecular weight excluding hydrogens is 810 g/mol. The maximum Gasteiger partial charge on any atom is 2.00 e. The quantitative estimate of drug-likeness (QED) is 0.0341. The molecule has 0 heterocycles. The predicted molar refractivity (Wildman–Crippen MR) is 253 cm³/mol. The van der Waals surface area contributed by atoms with Crippen LogP contribution in [0.1, 0.15) is 290 Å². The summed E-state index contributed by atoms with van der Waals surface area (Å²) in [6, 6.07) is 0. The van der Waals surface area contributed by atoms with Crippen molar-refractivity contribution in [2.45, 2.75) is 290 Å². The molecule has 8 heteroatoms. The van der Waals surface area contributed by atoms with E-state index in [-0.39, 0.29) is 54.9 Å². The zero-order valence-corrected chi connectivity index (χ0v) is 42.5. The van der Waals surface area contributed by atoms with Crippen molar-refractivity contribution < 1.29 is 65.3 Å². The molecule has 0 aromatic heterocycles. The fourth-order valence-corrected chi connectivity index (χ4v) is 7.02. The molecule has 0 rings (SSSR count). The van der Waals surface area contributed by atoms with Gasteiger partial charge in [0.25, 0.3) is 0 Å². The van der Waals surface area contributed by atoms with E-state index >= 15 is 0 Å². The van der Waals surface area contributed by atoms with Gasteiger partial charge in [0, 0.05) is 17.9 Å². The molecule has 361 valence electrons. The number of aliphatic carboxylic acids is 3. The number of carboxylic acids is 3. The number of carbonyl (C=O) groups is 3. The molecule has 0 aliphatic rings. The van der Waals surface area contributed by atoms with E-state index in [1.807, 2.05) is 0 Å². The Labute approximate surface area is 408 Å². The third-order valence-electron chi connectivity index (χ3n) is 10.9. The van der Waals surface area contributed by atoms with E-state index in [4.69, 9.17) is 0 Å². The molecule has 0 unspecified atom stereocenters. The predicted octanol–water partition coefficient (Wildman–Crippen LogP) is 11.3. The smallest absolute Gasteiger partial charge is 0.550 e. The molecule has 0 aliphatic carbocycles. The van der Waals surface area contributed by atoms with Gasteiger partial charge in [-0.3, -0.25) is 0 Å². The molecule has 1 radical (unpaired) electrons. The summed E-state index contributed by atoms with van der Waals surface area (Å²) >= 11 is 0. The van der Waals surface area contributed by atoms with Gasteiger partial charge in [-0.25, -0.2) is 0 Å². The van der Waals surface area contributed by atoms with Gasteiger partial charge in [-0.2, -0.15) is 0 Å². The van der Waals surface area contributed by atoms with Gasteiger partial charge in [-0.05, 0) is 116 Å². The summed E-state index contributed by atoms with van der Waals surface area (Å²) < 4.78 is 0. The Morgan fingerprint density at radius 1 is 0.274 bits per heavy atom. The molecular formula is C54H99CoLiO6. The van der Waals surface area contributed by atoms with Crippen LogP contribution in [0, 0.1) is 0 Å². The average molecular weight is 910 g/mol. The minimum absolute atomic E-state index is 0. The topological polar surface area (TPSA) is 120 Å². The van der Waals surface area contributed by atoms with Gasteiger partial charge < -0.3 is 29.7 Å². The second-order valence-electron chi connectivity index (χ2n) is 17.1. The van der Waals surface area contributed by atoms with Crippen LogP contribution in [-0.2, 0) is 31.2 Å². The molecule has 0 spiro atoms. The van der Waals surface area contributed by atoms with Gasteiger partial charge in [0.15, 0.2) is 0 Å². The molecule has 62 heavy (non-hydrogen) atoms. The van der Waals surface area contributed by atoms with Crippen LogP contribution in [0.5, 0.6) is 0 Å². The van der Waals surface area contributed by atoms with Crippen molar-refractivity contribution in [1.29, 1.82) is 0 Å². The van der Waals surface area contributed by atoms with Gasteiger partial charge in [-0.15, -0.1) is 0 Å². The van der Waals surface area contributed by atoms with Crippen molar-refractivity contribution in [2.24, 2.45) is 0 Å². The van der Waals surface area contributed by atoms with Crippen LogP contribution >= 0.6 is 0 Å². The minimum Gasteiger partial charge on any atom is -0.550 e. The number of hydrogen-bond donors (Lipinski definition) is 0. The Bertz CT molecular complexity index is 834. The van der Waals surface area contributed by atoms with Crippen LogP contribution in [-0.4, -0.2) is 17.9 Å². The molecule has 6 nitrogen and oxygen atoms in total. The monoisotopic (exact) mass is 910 g/mol. The molecule has 0 saturated heterocycles. The summed E-state index contributed by atoms with van der Waals surface area (Å²) in [5.74, 6) is -2.74. The van der Waals surface area contributed by atoms with Crippen molar-refractivity contribution in [3.8, 4) is 0 Å². The second kappa shape index (κ2) is 66.3. The zero-order chi connectivity index (χ0) is 44.7. The number of carbonyl (C=O) groups excluding carboxylic acids is 3. The normalized spacial score (nSPS) is 10.9. The molecule has 0 aromatic carbocycles. The molecule has 0 saturated carbocycles. The summed E-state index contributed by atoms with van der Waals surface area (Å²) in [7, 11) is 0. The van der Waals surface area contributed by atoms with Crippen molar-refractivity contribution in [2.75, 3.05) is 0 Å². The molecule has 0 bridgehead atoms. The fraction of sp³-hybridized carbons (Fsp3) is 0.833. The van der Waals surface area contributed by atoms with Crippen molar-refractivity contribution in [1.82, 2.24) is 0 Å². The minimum atomic E-state index is -0.914. The molecule has 0 N–H and O–H groups in total. The van der Waals surface area contributed by atoms with E-state index in [1.165, 1.54) is 193 Å². The Hall–Kier alpha value is -1.27. The van der Waals surface area contributed by atoms with Gasteiger partial charge in [0.1, 0.15) is 0 Å². The Morgan fingerprint density at radius 2 is 0.419 bits per heavy atom. The maximum atomic E-state index is 10.2. The Balaban J connectivity index is -0.000000258. The van der Waals surface area contributed by atoms with E-state index in [0.717, 1.165) is 57.8 Å². The van der Waals surface area contributed by atoms with Gasteiger partial charge in [0.2, 0.25) is 0 Å². The second-order valence-corrected chi connectivity index (χ2v) is 17.1. The van der Waals surface area contributed by atoms with Gasteiger partial charge in [-0.1, -0.05) is 211 Å².